The molecule has 0 saturated carbocycles. The van der Waals surface area contributed by atoms with Gasteiger partial charge in [-0.3, -0.25) is 9.59 Å². The molecule has 0 radical (unpaired) electrons. The van der Waals surface area contributed by atoms with E-state index >= 15 is 0 Å². The molecule has 3 aromatic rings. The van der Waals surface area contributed by atoms with Crippen LogP contribution in [0.15, 0.2) is 60.7 Å². The SMILES string of the molecule is CC(C)Cc1ccc(C(C)C(=O)O)cc1.COc1ccc2cc(C(C)C(=O)O)ccc2c1. The van der Waals surface area contributed by atoms with Crippen LogP contribution in [0, 0.1) is 5.92 Å². The zero-order valence-electron chi connectivity index (χ0n) is 19.3. The summed E-state index contributed by atoms with van der Waals surface area (Å²) in [7, 11) is 1.63. The number of carboxylic acids is 2. The number of carbonyl (C=O) groups is 2. The van der Waals surface area contributed by atoms with Crippen LogP contribution in [-0.2, 0) is 16.0 Å². The second-order valence-corrected chi connectivity index (χ2v) is 8.43. The lowest BCUT2D eigenvalue weighted by molar-refractivity contribution is -0.139. The first-order valence-electron chi connectivity index (χ1n) is 10.7. The van der Waals surface area contributed by atoms with E-state index in [-0.39, 0.29) is 0 Å². The molecule has 32 heavy (non-hydrogen) atoms. The monoisotopic (exact) mass is 436 g/mol. The lowest BCUT2D eigenvalue weighted by Gasteiger charge is -2.09. The lowest BCUT2D eigenvalue weighted by atomic mass is 9.97. The first-order chi connectivity index (χ1) is 15.1. The topological polar surface area (TPSA) is 83.8 Å². The molecule has 2 atom stereocenters. The summed E-state index contributed by atoms with van der Waals surface area (Å²) in [6, 6.07) is 19.3. The Balaban J connectivity index is 0.000000229. The van der Waals surface area contributed by atoms with Gasteiger partial charge in [0, 0.05) is 0 Å². The number of hydrogen-bond donors (Lipinski definition) is 2. The normalized spacial score (nSPS) is 12.6. The van der Waals surface area contributed by atoms with E-state index in [0.717, 1.165) is 34.1 Å². The highest BCUT2D eigenvalue weighted by atomic mass is 16.5. The van der Waals surface area contributed by atoms with E-state index in [4.69, 9.17) is 14.9 Å². The molecule has 0 aromatic heterocycles. The van der Waals surface area contributed by atoms with Gasteiger partial charge in [0.15, 0.2) is 0 Å². The van der Waals surface area contributed by atoms with Crippen molar-refractivity contribution in [1.29, 1.82) is 0 Å². The van der Waals surface area contributed by atoms with Crippen molar-refractivity contribution in [2.24, 2.45) is 5.92 Å². The van der Waals surface area contributed by atoms with E-state index < -0.39 is 23.8 Å². The van der Waals surface area contributed by atoms with Crippen molar-refractivity contribution in [1.82, 2.24) is 0 Å². The number of hydrogen-bond acceptors (Lipinski definition) is 3. The molecule has 0 heterocycles. The third-order valence-electron chi connectivity index (χ3n) is 5.44. The predicted molar refractivity (Wildman–Crippen MR) is 128 cm³/mol. The Hall–Kier alpha value is -3.34. The van der Waals surface area contributed by atoms with E-state index in [0.29, 0.717) is 5.92 Å². The van der Waals surface area contributed by atoms with Crippen LogP contribution in [-0.4, -0.2) is 29.3 Å². The Morgan fingerprint density at radius 1 is 0.750 bits per heavy atom. The molecule has 0 spiro atoms. The van der Waals surface area contributed by atoms with Crippen molar-refractivity contribution in [2.45, 2.75) is 46.0 Å². The highest BCUT2D eigenvalue weighted by Crippen LogP contribution is 2.25. The Kier molecular flexibility index (Phi) is 8.82. The summed E-state index contributed by atoms with van der Waals surface area (Å²) in [5.74, 6) is -1.05. The molecule has 0 fully saturated rings. The van der Waals surface area contributed by atoms with Gasteiger partial charge in [-0.15, -0.1) is 0 Å². The molecular weight excluding hydrogens is 404 g/mol. The number of carboxylic acid groups (broad SMARTS) is 2. The Labute approximate surface area is 189 Å². The van der Waals surface area contributed by atoms with E-state index in [2.05, 4.69) is 13.8 Å². The average molecular weight is 437 g/mol. The first kappa shape index (κ1) is 24.9. The van der Waals surface area contributed by atoms with Crippen LogP contribution in [0.25, 0.3) is 10.8 Å². The fraction of sp³-hybridized carbons (Fsp3) is 0.333. The van der Waals surface area contributed by atoms with Crippen LogP contribution >= 0.6 is 0 Å². The Morgan fingerprint density at radius 2 is 1.25 bits per heavy atom. The largest absolute Gasteiger partial charge is 0.497 e. The summed E-state index contributed by atoms with van der Waals surface area (Å²) in [5.41, 5.74) is 2.96. The smallest absolute Gasteiger partial charge is 0.310 e. The number of benzene rings is 3. The van der Waals surface area contributed by atoms with Crippen LogP contribution in [0.3, 0.4) is 0 Å². The number of rotatable bonds is 7. The molecule has 5 nitrogen and oxygen atoms in total. The summed E-state index contributed by atoms with van der Waals surface area (Å²) < 4.78 is 5.14. The quantitative estimate of drug-likeness (QED) is 0.467. The number of fused-ring (bicyclic) bond motifs is 1. The van der Waals surface area contributed by atoms with E-state index in [1.807, 2.05) is 60.7 Å². The van der Waals surface area contributed by atoms with Crippen LogP contribution < -0.4 is 4.74 Å². The molecule has 2 unspecified atom stereocenters. The summed E-state index contributed by atoms with van der Waals surface area (Å²) >= 11 is 0. The Morgan fingerprint density at radius 3 is 1.78 bits per heavy atom. The Bertz CT molecular complexity index is 1050. The number of aliphatic carboxylic acids is 2. The van der Waals surface area contributed by atoms with Crippen molar-refractivity contribution in [3.8, 4) is 5.75 Å². The van der Waals surface area contributed by atoms with Crippen molar-refractivity contribution >= 4 is 22.7 Å². The molecule has 2 N–H and O–H groups in total. The zero-order valence-corrected chi connectivity index (χ0v) is 19.3. The minimum atomic E-state index is -0.808. The van der Waals surface area contributed by atoms with Crippen LogP contribution in [0.5, 0.6) is 5.75 Å². The van der Waals surface area contributed by atoms with E-state index in [9.17, 15) is 9.59 Å². The highest BCUT2D eigenvalue weighted by molar-refractivity contribution is 5.86. The van der Waals surface area contributed by atoms with Crippen molar-refractivity contribution in [3.63, 3.8) is 0 Å². The third kappa shape index (κ3) is 6.84. The van der Waals surface area contributed by atoms with Crippen molar-refractivity contribution < 1.29 is 24.5 Å². The maximum atomic E-state index is 10.9. The van der Waals surface area contributed by atoms with Gasteiger partial charge in [0.25, 0.3) is 0 Å². The molecule has 170 valence electrons. The molecule has 0 saturated heterocycles. The summed E-state index contributed by atoms with van der Waals surface area (Å²) in [5, 5.41) is 19.9. The average Bonchev–Trinajstić information content (AvgIpc) is 2.77. The van der Waals surface area contributed by atoms with E-state index in [1.165, 1.54) is 5.56 Å². The van der Waals surface area contributed by atoms with Gasteiger partial charge in [-0.05, 0) is 65.8 Å². The molecule has 0 bridgehead atoms. The molecule has 3 rings (SSSR count). The summed E-state index contributed by atoms with van der Waals surface area (Å²) in [4.78, 5) is 21.7. The number of methoxy groups -OCH3 is 1. The molecular formula is C27H32O5. The minimum Gasteiger partial charge on any atom is -0.497 e. The second kappa shape index (κ2) is 11.3. The fourth-order valence-corrected chi connectivity index (χ4v) is 3.34. The molecule has 5 heteroatoms. The van der Waals surface area contributed by atoms with Gasteiger partial charge in [0.05, 0.1) is 18.9 Å². The van der Waals surface area contributed by atoms with Crippen LogP contribution in [0.1, 0.15) is 56.2 Å². The van der Waals surface area contributed by atoms with E-state index in [1.54, 1.807) is 21.0 Å². The van der Waals surface area contributed by atoms with Crippen LogP contribution in [0.2, 0.25) is 0 Å². The van der Waals surface area contributed by atoms with Gasteiger partial charge in [-0.1, -0.05) is 62.4 Å². The molecule has 0 amide bonds. The molecule has 0 aliphatic carbocycles. The minimum absolute atomic E-state index is 0.418. The standard InChI is InChI=1S/C14H14O3.C13H18O2/c1-9(14(15)16)10-3-4-12-8-13(17-2)6-5-11(12)7-10;1-9(2)8-11-4-6-12(7-5-11)10(3)13(14)15/h3-9H,1-2H3,(H,15,16);4-7,9-10H,8H2,1-3H3,(H,14,15). The van der Waals surface area contributed by atoms with Crippen molar-refractivity contribution in [2.75, 3.05) is 7.11 Å². The summed E-state index contributed by atoms with van der Waals surface area (Å²) in [6.45, 7) is 7.74. The van der Waals surface area contributed by atoms with Gasteiger partial charge in [-0.2, -0.15) is 0 Å². The first-order valence-corrected chi connectivity index (χ1v) is 10.7. The highest BCUT2D eigenvalue weighted by Gasteiger charge is 2.14. The second-order valence-electron chi connectivity index (χ2n) is 8.43. The summed E-state index contributed by atoms with van der Waals surface area (Å²) in [6.07, 6.45) is 1.04. The van der Waals surface area contributed by atoms with Gasteiger partial charge < -0.3 is 14.9 Å². The number of ether oxygens (including phenoxy) is 1. The maximum Gasteiger partial charge on any atom is 0.310 e. The third-order valence-corrected chi connectivity index (χ3v) is 5.44. The predicted octanol–water partition coefficient (Wildman–Crippen LogP) is 6.11. The van der Waals surface area contributed by atoms with Gasteiger partial charge >= 0.3 is 11.9 Å². The van der Waals surface area contributed by atoms with Gasteiger partial charge in [-0.25, -0.2) is 0 Å². The van der Waals surface area contributed by atoms with Gasteiger partial charge in [0.1, 0.15) is 5.75 Å². The fourth-order valence-electron chi connectivity index (χ4n) is 3.34. The van der Waals surface area contributed by atoms with Crippen LogP contribution in [0.4, 0.5) is 0 Å². The van der Waals surface area contributed by atoms with Crippen molar-refractivity contribution in [3.05, 3.63) is 77.4 Å². The lowest BCUT2D eigenvalue weighted by Crippen LogP contribution is -2.07. The maximum absolute atomic E-state index is 10.9. The zero-order chi connectivity index (χ0) is 23.8. The molecule has 0 aliphatic rings. The molecule has 3 aromatic carbocycles. The van der Waals surface area contributed by atoms with Gasteiger partial charge in [0.2, 0.25) is 0 Å². The molecule has 0 aliphatic heterocycles.